The number of anilines is 3. The summed E-state index contributed by atoms with van der Waals surface area (Å²) in [6.07, 6.45) is 1.56. The summed E-state index contributed by atoms with van der Waals surface area (Å²) < 4.78 is 0. The van der Waals surface area contributed by atoms with Gasteiger partial charge in [0.15, 0.2) is 0 Å². The Kier molecular flexibility index (Phi) is 5.18. The number of hydrogen-bond acceptors (Lipinski definition) is 4. The quantitative estimate of drug-likeness (QED) is 0.863. The molecule has 0 spiro atoms. The molecule has 0 bridgehead atoms. The first kappa shape index (κ1) is 17.9. The topological polar surface area (TPSA) is 91.4 Å². The lowest BCUT2D eigenvalue weighted by atomic mass is 10.1. The second kappa shape index (κ2) is 7.53. The minimum absolute atomic E-state index is 0.115. The van der Waals surface area contributed by atoms with Crippen LogP contribution >= 0.6 is 11.6 Å². The van der Waals surface area contributed by atoms with Crippen LogP contribution in [0.5, 0.6) is 0 Å². The van der Waals surface area contributed by atoms with Crippen molar-refractivity contribution in [3.63, 3.8) is 0 Å². The molecule has 1 aliphatic heterocycles. The zero-order valence-electron chi connectivity index (χ0n) is 14.0. The fourth-order valence-corrected chi connectivity index (χ4v) is 2.88. The number of rotatable bonds is 4. The van der Waals surface area contributed by atoms with Gasteiger partial charge in [-0.1, -0.05) is 17.7 Å². The van der Waals surface area contributed by atoms with E-state index >= 15 is 0 Å². The Balaban J connectivity index is 1.69. The lowest BCUT2D eigenvalue weighted by Crippen LogP contribution is -2.28. The first-order valence-corrected chi connectivity index (χ1v) is 8.40. The number of nitrogens with one attached hydrogen (secondary N) is 2. The lowest BCUT2D eigenvalue weighted by Gasteiger charge is -2.17. The number of benzene rings is 1. The molecule has 3 amide bonds. The van der Waals surface area contributed by atoms with E-state index in [4.69, 9.17) is 11.6 Å². The van der Waals surface area contributed by atoms with Gasteiger partial charge in [0.2, 0.25) is 17.7 Å². The summed E-state index contributed by atoms with van der Waals surface area (Å²) in [6, 6.07) is 10.2. The second-order valence-electron chi connectivity index (χ2n) is 5.99. The van der Waals surface area contributed by atoms with Crippen LogP contribution in [0.2, 0.25) is 5.02 Å². The van der Waals surface area contributed by atoms with Crippen molar-refractivity contribution in [1.82, 2.24) is 4.98 Å². The normalized spacial score (nSPS) is 16.5. The standard InChI is InChI=1S/C18H17ClN4O3/c1-11(24)21-14-3-2-4-15(8-14)23-10-12(7-17(23)25)18(26)22-16-6-5-13(19)9-20-16/h2-6,8-9,12H,7,10H2,1H3,(H,21,24)(H,20,22,26)/t12-/m0/s1. The van der Waals surface area contributed by atoms with Crippen molar-refractivity contribution < 1.29 is 14.4 Å². The van der Waals surface area contributed by atoms with E-state index in [0.29, 0.717) is 22.2 Å². The molecule has 3 rings (SSSR count). The largest absolute Gasteiger partial charge is 0.326 e. The third kappa shape index (κ3) is 4.18. The van der Waals surface area contributed by atoms with Crippen LogP contribution in [-0.4, -0.2) is 29.3 Å². The Hall–Kier alpha value is -2.93. The molecule has 1 aromatic heterocycles. The van der Waals surface area contributed by atoms with Gasteiger partial charge in [0.05, 0.1) is 10.9 Å². The fraction of sp³-hybridized carbons (Fsp3) is 0.222. The van der Waals surface area contributed by atoms with Crippen molar-refractivity contribution in [2.75, 3.05) is 22.1 Å². The number of amides is 3. The van der Waals surface area contributed by atoms with E-state index in [1.165, 1.54) is 13.1 Å². The summed E-state index contributed by atoms with van der Waals surface area (Å²) in [5.74, 6) is -0.701. The number of carbonyl (C=O) groups is 3. The molecule has 7 nitrogen and oxygen atoms in total. The maximum absolute atomic E-state index is 12.4. The van der Waals surface area contributed by atoms with E-state index < -0.39 is 5.92 Å². The predicted octanol–water partition coefficient (Wildman–Crippen LogP) is 2.69. The third-order valence-corrected chi connectivity index (χ3v) is 4.18. The molecule has 2 aromatic rings. The van der Waals surface area contributed by atoms with Crippen LogP contribution in [-0.2, 0) is 14.4 Å². The molecule has 26 heavy (non-hydrogen) atoms. The van der Waals surface area contributed by atoms with Crippen molar-refractivity contribution in [3.05, 3.63) is 47.6 Å². The highest BCUT2D eigenvalue weighted by atomic mass is 35.5. The summed E-state index contributed by atoms with van der Waals surface area (Å²) in [5, 5.41) is 5.85. The number of hydrogen-bond donors (Lipinski definition) is 2. The lowest BCUT2D eigenvalue weighted by molar-refractivity contribution is -0.122. The summed E-state index contributed by atoms with van der Waals surface area (Å²) in [7, 11) is 0. The van der Waals surface area contributed by atoms with Gasteiger partial charge in [0, 0.05) is 37.5 Å². The van der Waals surface area contributed by atoms with Gasteiger partial charge in [-0.05, 0) is 30.3 Å². The van der Waals surface area contributed by atoms with E-state index in [-0.39, 0.29) is 30.7 Å². The van der Waals surface area contributed by atoms with Crippen molar-refractivity contribution in [2.45, 2.75) is 13.3 Å². The molecule has 0 radical (unpaired) electrons. The van der Waals surface area contributed by atoms with Gasteiger partial charge in [0.25, 0.3) is 0 Å². The molecule has 1 atom stereocenters. The van der Waals surface area contributed by atoms with E-state index in [1.54, 1.807) is 41.3 Å². The van der Waals surface area contributed by atoms with Gasteiger partial charge >= 0.3 is 0 Å². The minimum Gasteiger partial charge on any atom is -0.326 e. The predicted molar refractivity (Wildman–Crippen MR) is 99.1 cm³/mol. The van der Waals surface area contributed by atoms with Crippen molar-refractivity contribution in [2.24, 2.45) is 5.92 Å². The Morgan fingerprint density at radius 2 is 2.04 bits per heavy atom. The highest BCUT2D eigenvalue weighted by molar-refractivity contribution is 6.30. The molecule has 8 heteroatoms. The van der Waals surface area contributed by atoms with E-state index in [9.17, 15) is 14.4 Å². The van der Waals surface area contributed by atoms with Gasteiger partial charge in [-0.25, -0.2) is 4.98 Å². The zero-order chi connectivity index (χ0) is 18.7. The summed E-state index contributed by atoms with van der Waals surface area (Å²) in [5.41, 5.74) is 1.24. The Labute approximate surface area is 155 Å². The van der Waals surface area contributed by atoms with E-state index in [1.807, 2.05) is 0 Å². The number of halogens is 1. The van der Waals surface area contributed by atoms with Crippen LogP contribution in [0.25, 0.3) is 0 Å². The molecule has 2 heterocycles. The van der Waals surface area contributed by atoms with Crippen LogP contribution in [0.4, 0.5) is 17.2 Å². The van der Waals surface area contributed by atoms with Crippen LogP contribution in [0.15, 0.2) is 42.6 Å². The molecule has 1 fully saturated rings. The van der Waals surface area contributed by atoms with Crippen molar-refractivity contribution in [3.8, 4) is 0 Å². The van der Waals surface area contributed by atoms with Gasteiger partial charge in [-0.15, -0.1) is 0 Å². The van der Waals surface area contributed by atoms with Crippen LogP contribution in [0.1, 0.15) is 13.3 Å². The molecule has 1 aliphatic rings. The van der Waals surface area contributed by atoms with Gasteiger partial charge in [-0.2, -0.15) is 0 Å². The SMILES string of the molecule is CC(=O)Nc1cccc(N2C[C@@H](C(=O)Nc3ccc(Cl)cn3)CC2=O)c1. The monoisotopic (exact) mass is 372 g/mol. The van der Waals surface area contributed by atoms with E-state index in [2.05, 4.69) is 15.6 Å². The van der Waals surface area contributed by atoms with Crippen LogP contribution in [0.3, 0.4) is 0 Å². The Bertz CT molecular complexity index is 854. The first-order chi connectivity index (χ1) is 12.4. The zero-order valence-corrected chi connectivity index (χ0v) is 14.8. The smallest absolute Gasteiger partial charge is 0.230 e. The maximum atomic E-state index is 12.4. The Morgan fingerprint density at radius 1 is 1.23 bits per heavy atom. The van der Waals surface area contributed by atoms with Crippen LogP contribution in [0, 0.1) is 5.92 Å². The summed E-state index contributed by atoms with van der Waals surface area (Å²) >= 11 is 5.77. The van der Waals surface area contributed by atoms with Gasteiger partial charge in [0.1, 0.15) is 5.82 Å². The number of pyridine rings is 1. The molecular weight excluding hydrogens is 356 g/mol. The highest BCUT2D eigenvalue weighted by Gasteiger charge is 2.35. The molecule has 1 aromatic carbocycles. The van der Waals surface area contributed by atoms with Gasteiger partial charge in [-0.3, -0.25) is 14.4 Å². The maximum Gasteiger partial charge on any atom is 0.230 e. The molecule has 0 aliphatic carbocycles. The summed E-state index contributed by atoms with van der Waals surface area (Å²) in [4.78, 5) is 41.5. The minimum atomic E-state index is -0.482. The molecular formula is C18H17ClN4O3. The molecule has 2 N–H and O–H groups in total. The Morgan fingerprint density at radius 3 is 2.73 bits per heavy atom. The number of carbonyl (C=O) groups excluding carboxylic acids is 3. The number of nitrogens with zero attached hydrogens (tertiary/aromatic N) is 2. The first-order valence-electron chi connectivity index (χ1n) is 8.03. The molecule has 134 valence electrons. The molecule has 0 unspecified atom stereocenters. The average Bonchev–Trinajstić information content (AvgIpc) is 2.98. The average molecular weight is 373 g/mol. The highest BCUT2D eigenvalue weighted by Crippen LogP contribution is 2.28. The third-order valence-electron chi connectivity index (χ3n) is 3.95. The fourth-order valence-electron chi connectivity index (χ4n) is 2.77. The molecule has 0 saturated carbocycles. The number of aromatic nitrogens is 1. The van der Waals surface area contributed by atoms with E-state index in [0.717, 1.165) is 0 Å². The van der Waals surface area contributed by atoms with Crippen molar-refractivity contribution >= 4 is 46.5 Å². The van der Waals surface area contributed by atoms with Gasteiger partial charge < -0.3 is 15.5 Å². The molecule has 1 saturated heterocycles. The second-order valence-corrected chi connectivity index (χ2v) is 6.42. The van der Waals surface area contributed by atoms with Crippen molar-refractivity contribution in [1.29, 1.82) is 0 Å². The van der Waals surface area contributed by atoms with Crippen LogP contribution < -0.4 is 15.5 Å². The summed E-state index contributed by atoms with van der Waals surface area (Å²) in [6.45, 7) is 1.68.